The molecule has 1 N–H and O–H groups in total. The largest absolute Gasteiger partial charge is 0.493 e. The predicted molar refractivity (Wildman–Crippen MR) is 141 cm³/mol. The lowest BCUT2D eigenvalue weighted by Crippen LogP contribution is -2.43. The first kappa shape index (κ1) is 25.2. The molecular formula is C27H30N4O5S. The monoisotopic (exact) mass is 522 g/mol. The summed E-state index contributed by atoms with van der Waals surface area (Å²) in [5, 5.41) is 4.93. The summed E-state index contributed by atoms with van der Waals surface area (Å²) in [4.78, 5) is 36.5. The fourth-order valence-electron chi connectivity index (χ4n) is 4.32. The van der Waals surface area contributed by atoms with Gasteiger partial charge >= 0.3 is 0 Å². The number of anilines is 1. The number of nitrogens with zero attached hydrogens (tertiary/aromatic N) is 3. The molecule has 2 fully saturated rings. The van der Waals surface area contributed by atoms with Gasteiger partial charge in [-0.15, -0.1) is 11.3 Å². The zero-order valence-electron chi connectivity index (χ0n) is 20.8. The van der Waals surface area contributed by atoms with Crippen molar-refractivity contribution in [3.05, 3.63) is 42.0 Å². The second kappa shape index (κ2) is 11.7. The quantitative estimate of drug-likeness (QED) is 0.448. The summed E-state index contributed by atoms with van der Waals surface area (Å²) in [5.74, 6) is 1.50. The van der Waals surface area contributed by atoms with Crippen LogP contribution in [0.5, 0.6) is 11.5 Å². The average Bonchev–Trinajstić information content (AvgIpc) is 3.38. The Balaban J connectivity index is 1.25. The summed E-state index contributed by atoms with van der Waals surface area (Å²) in [6.07, 6.45) is 7.51. The second-order valence-electron chi connectivity index (χ2n) is 9.19. The first-order chi connectivity index (χ1) is 18.1. The Morgan fingerprint density at radius 2 is 1.95 bits per heavy atom. The molecule has 5 rings (SSSR count). The molecule has 1 aliphatic heterocycles. The van der Waals surface area contributed by atoms with Crippen molar-refractivity contribution in [1.29, 1.82) is 0 Å². The molecule has 3 aromatic rings. The number of ether oxygens (including phenoxy) is 3. The van der Waals surface area contributed by atoms with Crippen LogP contribution in [0.2, 0.25) is 0 Å². The minimum Gasteiger partial charge on any atom is -0.493 e. The maximum atomic E-state index is 12.4. The van der Waals surface area contributed by atoms with Gasteiger partial charge in [0.15, 0.2) is 18.1 Å². The van der Waals surface area contributed by atoms with Crippen LogP contribution in [0.25, 0.3) is 21.8 Å². The topological polar surface area (TPSA) is 103 Å². The van der Waals surface area contributed by atoms with Gasteiger partial charge in [0.25, 0.3) is 5.91 Å². The lowest BCUT2D eigenvalue weighted by molar-refractivity contribution is -0.137. The number of thiophene rings is 1. The number of amides is 2. The van der Waals surface area contributed by atoms with E-state index < -0.39 is 0 Å². The summed E-state index contributed by atoms with van der Waals surface area (Å²) in [7, 11) is 1.56. The van der Waals surface area contributed by atoms with Crippen LogP contribution >= 0.6 is 11.3 Å². The molecule has 0 spiro atoms. The van der Waals surface area contributed by atoms with Gasteiger partial charge in [-0.1, -0.05) is 6.42 Å². The minimum absolute atomic E-state index is 0.0648. The van der Waals surface area contributed by atoms with Crippen molar-refractivity contribution >= 4 is 28.8 Å². The van der Waals surface area contributed by atoms with Crippen molar-refractivity contribution in [1.82, 2.24) is 14.9 Å². The van der Waals surface area contributed by atoms with Crippen LogP contribution in [0, 0.1) is 5.92 Å². The zero-order chi connectivity index (χ0) is 25.6. The Labute approximate surface area is 219 Å². The van der Waals surface area contributed by atoms with E-state index >= 15 is 0 Å². The van der Waals surface area contributed by atoms with Gasteiger partial charge in [0.1, 0.15) is 0 Å². The first-order valence-electron chi connectivity index (χ1n) is 12.5. The van der Waals surface area contributed by atoms with Crippen molar-refractivity contribution in [3.8, 4) is 33.3 Å². The van der Waals surface area contributed by atoms with E-state index in [9.17, 15) is 9.59 Å². The number of hydrogen-bond donors (Lipinski definition) is 1. The maximum absolute atomic E-state index is 12.4. The highest BCUT2D eigenvalue weighted by Crippen LogP contribution is 2.34. The van der Waals surface area contributed by atoms with E-state index in [4.69, 9.17) is 19.2 Å². The Bertz CT molecular complexity index is 1250. The molecule has 0 atom stereocenters. The van der Waals surface area contributed by atoms with Crippen LogP contribution in [-0.2, 0) is 14.3 Å². The van der Waals surface area contributed by atoms with E-state index in [2.05, 4.69) is 10.3 Å². The molecule has 3 heterocycles. The van der Waals surface area contributed by atoms with Crippen LogP contribution < -0.4 is 14.8 Å². The number of carbonyl (C=O) groups is 2. The van der Waals surface area contributed by atoms with Crippen LogP contribution in [0.1, 0.15) is 25.7 Å². The van der Waals surface area contributed by atoms with Crippen molar-refractivity contribution in [2.75, 3.05) is 45.3 Å². The Kier molecular flexibility index (Phi) is 7.96. The fraction of sp³-hybridized carbons (Fsp3) is 0.407. The molecule has 1 saturated heterocycles. The molecule has 194 valence electrons. The van der Waals surface area contributed by atoms with Gasteiger partial charge in [-0.05, 0) is 43.0 Å². The third-order valence-electron chi connectivity index (χ3n) is 6.64. The van der Waals surface area contributed by atoms with E-state index in [1.165, 1.54) is 17.8 Å². The normalized spacial score (nSPS) is 15.6. The summed E-state index contributed by atoms with van der Waals surface area (Å²) < 4.78 is 16.6. The fourth-order valence-corrected chi connectivity index (χ4v) is 5.12. The van der Waals surface area contributed by atoms with Gasteiger partial charge in [-0.25, -0.2) is 4.98 Å². The van der Waals surface area contributed by atoms with Crippen molar-refractivity contribution in [2.24, 2.45) is 5.92 Å². The summed E-state index contributed by atoms with van der Waals surface area (Å²) in [5.41, 5.74) is 2.99. The highest BCUT2D eigenvalue weighted by molar-refractivity contribution is 7.14. The molecule has 2 amide bonds. The summed E-state index contributed by atoms with van der Waals surface area (Å²) in [6.45, 7) is 2.18. The maximum Gasteiger partial charge on any atom is 0.260 e. The minimum atomic E-state index is -0.0810. The van der Waals surface area contributed by atoms with Gasteiger partial charge in [0.05, 0.1) is 54.7 Å². The number of morpholine rings is 1. The van der Waals surface area contributed by atoms with Crippen molar-refractivity contribution < 1.29 is 23.8 Å². The number of nitrogens with one attached hydrogen (secondary N) is 1. The second-order valence-corrected chi connectivity index (χ2v) is 10.1. The molecular weight excluding hydrogens is 492 g/mol. The number of methoxy groups -OCH3 is 1. The number of rotatable bonds is 9. The zero-order valence-corrected chi connectivity index (χ0v) is 21.6. The molecule has 9 nitrogen and oxygen atoms in total. The molecule has 2 aliphatic rings. The van der Waals surface area contributed by atoms with Gasteiger partial charge in [-0.2, -0.15) is 0 Å². The smallest absolute Gasteiger partial charge is 0.260 e. The summed E-state index contributed by atoms with van der Waals surface area (Å²) in [6, 6.07) is 7.39. The SMILES string of the molecule is COc1cc(-c2cncc(-c3cc(NC(=O)CC4CCC4)cs3)n2)ccc1OCC(=O)N1CCOCC1. The van der Waals surface area contributed by atoms with Gasteiger partial charge in [0, 0.05) is 30.5 Å². The standard InChI is InChI=1S/C27H30N4O5S/c1-34-24-12-19(5-6-23(24)36-16-27(33)31-7-9-35-10-8-31)21-14-28-15-22(30-21)25-13-20(17-37-25)29-26(32)11-18-3-2-4-18/h5-6,12-15,17-18H,2-4,7-11,16H2,1H3,(H,29,32). The third-order valence-corrected chi connectivity index (χ3v) is 7.60. The summed E-state index contributed by atoms with van der Waals surface area (Å²) >= 11 is 1.51. The Morgan fingerprint density at radius 3 is 2.70 bits per heavy atom. The molecule has 1 aliphatic carbocycles. The van der Waals surface area contributed by atoms with Crippen LogP contribution in [-0.4, -0.2) is 66.7 Å². The van der Waals surface area contributed by atoms with E-state index in [0.29, 0.717) is 55.8 Å². The van der Waals surface area contributed by atoms with Crippen molar-refractivity contribution in [2.45, 2.75) is 25.7 Å². The van der Waals surface area contributed by atoms with E-state index in [1.807, 2.05) is 23.6 Å². The molecule has 0 bridgehead atoms. The highest BCUT2D eigenvalue weighted by Gasteiger charge is 2.21. The highest BCUT2D eigenvalue weighted by atomic mass is 32.1. The molecule has 1 saturated carbocycles. The average molecular weight is 523 g/mol. The van der Waals surface area contributed by atoms with Crippen molar-refractivity contribution in [3.63, 3.8) is 0 Å². The first-order valence-corrected chi connectivity index (χ1v) is 13.3. The van der Waals surface area contributed by atoms with Gasteiger partial charge in [-0.3, -0.25) is 14.6 Å². The lowest BCUT2D eigenvalue weighted by Gasteiger charge is -2.26. The lowest BCUT2D eigenvalue weighted by atomic mass is 9.83. The molecule has 0 unspecified atom stereocenters. The van der Waals surface area contributed by atoms with Crippen LogP contribution in [0.3, 0.4) is 0 Å². The van der Waals surface area contributed by atoms with Crippen LogP contribution in [0.15, 0.2) is 42.0 Å². The van der Waals surface area contributed by atoms with E-state index in [0.717, 1.165) is 34.7 Å². The van der Waals surface area contributed by atoms with Crippen LogP contribution in [0.4, 0.5) is 5.69 Å². The molecule has 1 aromatic carbocycles. The van der Waals surface area contributed by atoms with Gasteiger partial charge < -0.3 is 24.4 Å². The van der Waals surface area contributed by atoms with Gasteiger partial charge in [0.2, 0.25) is 5.91 Å². The third kappa shape index (κ3) is 6.26. The predicted octanol–water partition coefficient (Wildman–Crippen LogP) is 4.25. The Hall–Kier alpha value is -3.50. The van der Waals surface area contributed by atoms with E-state index in [1.54, 1.807) is 30.5 Å². The number of hydrogen-bond acceptors (Lipinski definition) is 8. The molecule has 37 heavy (non-hydrogen) atoms. The van der Waals surface area contributed by atoms with E-state index in [-0.39, 0.29) is 18.4 Å². The molecule has 10 heteroatoms. The molecule has 0 radical (unpaired) electrons. The number of carbonyl (C=O) groups excluding carboxylic acids is 2. The molecule has 2 aromatic heterocycles. The number of aromatic nitrogens is 2. The number of benzene rings is 1. The Morgan fingerprint density at radius 1 is 1.14 bits per heavy atom.